The maximum absolute atomic E-state index is 5.18. The zero-order valence-corrected chi connectivity index (χ0v) is 13.0. The van der Waals surface area contributed by atoms with Crippen LogP contribution in [0.2, 0.25) is 0 Å². The second-order valence-electron chi connectivity index (χ2n) is 6.35. The summed E-state index contributed by atoms with van der Waals surface area (Å²) in [4.78, 5) is 2.68. The van der Waals surface area contributed by atoms with Gasteiger partial charge < -0.3 is 10.1 Å². The highest BCUT2D eigenvalue weighted by molar-refractivity contribution is 4.95. The van der Waals surface area contributed by atoms with Gasteiger partial charge in [0, 0.05) is 44.9 Å². The minimum Gasteiger partial charge on any atom is -0.385 e. The minimum atomic E-state index is 0.321. The lowest BCUT2D eigenvalue weighted by atomic mass is 9.90. The first-order chi connectivity index (χ1) is 8.51. The number of hydrogen-bond acceptors (Lipinski definition) is 3. The lowest BCUT2D eigenvalue weighted by molar-refractivity contribution is 0.0368. The van der Waals surface area contributed by atoms with Crippen molar-refractivity contribution in [1.82, 2.24) is 10.2 Å². The lowest BCUT2D eigenvalue weighted by Crippen LogP contribution is -2.63. The van der Waals surface area contributed by atoms with Crippen molar-refractivity contribution in [2.45, 2.75) is 58.5 Å². The van der Waals surface area contributed by atoms with Gasteiger partial charge in [-0.15, -0.1) is 0 Å². The van der Waals surface area contributed by atoms with Crippen molar-refractivity contribution in [3.05, 3.63) is 0 Å². The molecule has 2 atom stereocenters. The van der Waals surface area contributed by atoms with Crippen molar-refractivity contribution >= 4 is 0 Å². The van der Waals surface area contributed by atoms with Crippen LogP contribution >= 0.6 is 0 Å². The van der Waals surface area contributed by atoms with Crippen molar-refractivity contribution in [1.29, 1.82) is 0 Å². The van der Waals surface area contributed by atoms with E-state index in [2.05, 4.69) is 37.9 Å². The van der Waals surface area contributed by atoms with Crippen molar-refractivity contribution in [3.8, 4) is 0 Å². The Kier molecular flexibility index (Phi) is 6.61. The first-order valence-corrected chi connectivity index (χ1v) is 7.49. The Morgan fingerprint density at radius 2 is 2.17 bits per heavy atom. The third-order valence-corrected chi connectivity index (χ3v) is 4.27. The maximum Gasteiger partial charge on any atom is 0.0474 e. The molecule has 0 amide bonds. The Hall–Kier alpha value is -0.120. The molecular formula is C15H32N2O. The van der Waals surface area contributed by atoms with E-state index in [1.807, 2.05) is 0 Å². The summed E-state index contributed by atoms with van der Waals surface area (Å²) in [5.41, 5.74) is 0.321. The molecule has 18 heavy (non-hydrogen) atoms. The van der Waals surface area contributed by atoms with Crippen molar-refractivity contribution in [2.75, 3.05) is 33.4 Å². The molecule has 1 fully saturated rings. The number of nitrogens with one attached hydrogen (secondary N) is 1. The SMILES string of the molecule is CCC1(C)CNC(CC(C)C)CN1CCCOC. The maximum atomic E-state index is 5.18. The first kappa shape index (κ1) is 15.9. The minimum absolute atomic E-state index is 0.321. The van der Waals surface area contributed by atoms with Gasteiger partial charge in [-0.05, 0) is 32.1 Å². The van der Waals surface area contributed by atoms with E-state index in [4.69, 9.17) is 4.74 Å². The smallest absolute Gasteiger partial charge is 0.0474 e. The molecule has 0 aromatic rings. The summed E-state index contributed by atoms with van der Waals surface area (Å²) < 4.78 is 5.18. The van der Waals surface area contributed by atoms with Crippen LogP contribution in [0, 0.1) is 5.92 Å². The lowest BCUT2D eigenvalue weighted by Gasteiger charge is -2.48. The van der Waals surface area contributed by atoms with Gasteiger partial charge in [0.2, 0.25) is 0 Å². The van der Waals surface area contributed by atoms with E-state index in [-0.39, 0.29) is 0 Å². The average Bonchev–Trinajstić information content (AvgIpc) is 2.33. The van der Waals surface area contributed by atoms with Crippen LogP contribution in [0.25, 0.3) is 0 Å². The van der Waals surface area contributed by atoms with Gasteiger partial charge in [0.1, 0.15) is 0 Å². The highest BCUT2D eigenvalue weighted by Crippen LogP contribution is 2.24. The van der Waals surface area contributed by atoms with Gasteiger partial charge in [0.25, 0.3) is 0 Å². The zero-order valence-electron chi connectivity index (χ0n) is 13.0. The van der Waals surface area contributed by atoms with Crippen LogP contribution in [-0.4, -0.2) is 49.8 Å². The molecule has 108 valence electrons. The molecule has 0 spiro atoms. The van der Waals surface area contributed by atoms with Crippen molar-refractivity contribution in [2.24, 2.45) is 5.92 Å². The molecule has 1 aliphatic rings. The number of ether oxygens (including phenoxy) is 1. The number of rotatable bonds is 7. The predicted octanol–water partition coefficient (Wildman–Crippen LogP) is 2.51. The van der Waals surface area contributed by atoms with Crippen LogP contribution in [0.4, 0.5) is 0 Å². The fourth-order valence-electron chi connectivity index (χ4n) is 2.86. The number of nitrogens with zero attached hydrogens (tertiary/aromatic N) is 1. The largest absolute Gasteiger partial charge is 0.385 e. The van der Waals surface area contributed by atoms with E-state index in [0.717, 1.165) is 32.0 Å². The summed E-state index contributed by atoms with van der Waals surface area (Å²) in [5, 5.41) is 3.74. The molecule has 1 heterocycles. The monoisotopic (exact) mass is 256 g/mol. The Balaban J connectivity index is 2.53. The van der Waals surface area contributed by atoms with E-state index >= 15 is 0 Å². The van der Waals surface area contributed by atoms with E-state index in [0.29, 0.717) is 11.6 Å². The van der Waals surface area contributed by atoms with E-state index in [1.165, 1.54) is 19.4 Å². The highest BCUT2D eigenvalue weighted by atomic mass is 16.5. The van der Waals surface area contributed by atoms with Crippen LogP contribution < -0.4 is 5.32 Å². The predicted molar refractivity (Wildman–Crippen MR) is 78.0 cm³/mol. The molecule has 1 aliphatic heterocycles. The third-order valence-electron chi connectivity index (χ3n) is 4.27. The van der Waals surface area contributed by atoms with E-state index in [9.17, 15) is 0 Å². The second kappa shape index (κ2) is 7.46. The first-order valence-electron chi connectivity index (χ1n) is 7.49. The molecule has 0 aliphatic carbocycles. The van der Waals surface area contributed by atoms with Crippen molar-refractivity contribution < 1.29 is 4.74 Å². The van der Waals surface area contributed by atoms with Crippen LogP contribution in [0.5, 0.6) is 0 Å². The zero-order chi connectivity index (χ0) is 13.6. The fraction of sp³-hybridized carbons (Fsp3) is 1.00. The van der Waals surface area contributed by atoms with Crippen LogP contribution in [0.1, 0.15) is 47.0 Å². The molecule has 0 bridgehead atoms. The van der Waals surface area contributed by atoms with Gasteiger partial charge in [0.15, 0.2) is 0 Å². The molecule has 1 rings (SSSR count). The summed E-state index contributed by atoms with van der Waals surface area (Å²) in [6.45, 7) is 13.6. The molecule has 0 radical (unpaired) electrons. The van der Waals surface area contributed by atoms with Crippen molar-refractivity contribution in [3.63, 3.8) is 0 Å². The topological polar surface area (TPSA) is 24.5 Å². The fourth-order valence-corrected chi connectivity index (χ4v) is 2.86. The molecule has 2 unspecified atom stereocenters. The standard InChI is InChI=1S/C15H32N2O/c1-6-15(4)12-16-14(10-13(2)3)11-17(15)8-7-9-18-5/h13-14,16H,6-12H2,1-5H3. The summed E-state index contributed by atoms with van der Waals surface area (Å²) in [6.07, 6.45) is 3.63. The van der Waals surface area contributed by atoms with Gasteiger partial charge in [-0.25, -0.2) is 0 Å². The molecule has 3 heteroatoms. The Labute approximate surface area is 113 Å². The Bertz CT molecular complexity index is 233. The Morgan fingerprint density at radius 3 is 2.72 bits per heavy atom. The third kappa shape index (κ3) is 4.52. The molecular weight excluding hydrogens is 224 g/mol. The molecule has 0 aromatic heterocycles. The van der Waals surface area contributed by atoms with Crippen LogP contribution in [0.15, 0.2) is 0 Å². The summed E-state index contributed by atoms with van der Waals surface area (Å²) in [5.74, 6) is 0.773. The molecule has 0 saturated carbocycles. The number of piperazine rings is 1. The summed E-state index contributed by atoms with van der Waals surface area (Å²) in [6, 6.07) is 0.659. The number of methoxy groups -OCH3 is 1. The van der Waals surface area contributed by atoms with Gasteiger partial charge >= 0.3 is 0 Å². The quantitative estimate of drug-likeness (QED) is 0.708. The van der Waals surface area contributed by atoms with Crippen LogP contribution in [-0.2, 0) is 4.74 Å². The van der Waals surface area contributed by atoms with Gasteiger partial charge in [0.05, 0.1) is 0 Å². The second-order valence-corrected chi connectivity index (χ2v) is 6.35. The number of hydrogen-bond donors (Lipinski definition) is 1. The Morgan fingerprint density at radius 1 is 1.44 bits per heavy atom. The molecule has 1 N–H and O–H groups in total. The summed E-state index contributed by atoms with van der Waals surface area (Å²) >= 11 is 0. The summed E-state index contributed by atoms with van der Waals surface area (Å²) in [7, 11) is 1.79. The van der Waals surface area contributed by atoms with Crippen LogP contribution in [0.3, 0.4) is 0 Å². The molecule has 0 aromatic carbocycles. The van der Waals surface area contributed by atoms with Gasteiger partial charge in [-0.2, -0.15) is 0 Å². The normalized spacial score (nSPS) is 30.0. The molecule has 3 nitrogen and oxygen atoms in total. The van der Waals surface area contributed by atoms with E-state index in [1.54, 1.807) is 7.11 Å². The average molecular weight is 256 g/mol. The highest BCUT2D eigenvalue weighted by Gasteiger charge is 2.35. The van der Waals surface area contributed by atoms with E-state index < -0.39 is 0 Å². The molecule has 1 saturated heterocycles. The van der Waals surface area contributed by atoms with Gasteiger partial charge in [-0.1, -0.05) is 20.8 Å². The van der Waals surface area contributed by atoms with Gasteiger partial charge in [-0.3, -0.25) is 4.90 Å².